The number of hydrogen-bond acceptors (Lipinski definition) is 2. The lowest BCUT2D eigenvalue weighted by molar-refractivity contribution is -0.200. The maximum atomic E-state index is 13.2. The molecule has 0 saturated heterocycles. The third kappa shape index (κ3) is 4.07. The zero-order chi connectivity index (χ0) is 22.2. The number of rotatable bonds is 5. The maximum Gasteiger partial charge on any atom is 0.416 e. The van der Waals surface area contributed by atoms with E-state index in [-0.39, 0.29) is 0 Å². The predicted octanol–water partition coefficient (Wildman–Crippen LogP) is 5.58. The number of para-hydroxylation sites is 1. The lowest BCUT2D eigenvalue weighted by Crippen LogP contribution is -2.44. The average molecular weight is 425 g/mol. The molecule has 0 saturated carbocycles. The van der Waals surface area contributed by atoms with Crippen molar-refractivity contribution in [1.29, 1.82) is 0 Å². The number of aliphatic hydroxyl groups excluding tert-OH is 1. The van der Waals surface area contributed by atoms with Gasteiger partial charge in [0, 0.05) is 17.6 Å². The summed E-state index contributed by atoms with van der Waals surface area (Å²) in [5.74, 6) is 0. The predicted molar refractivity (Wildman–Crippen MR) is 118 cm³/mol. The molecule has 0 aromatic heterocycles. The SMILES string of the molecule is Cc1cccc(C2(Cc3ccccc3C)CN(C[C@@H](O)C(F)(F)F)c3ccccc32)c1. The first-order valence-electron chi connectivity index (χ1n) is 10.4. The highest BCUT2D eigenvalue weighted by Crippen LogP contribution is 2.48. The number of aryl methyl sites for hydroxylation is 2. The summed E-state index contributed by atoms with van der Waals surface area (Å²) in [6.45, 7) is 3.97. The topological polar surface area (TPSA) is 23.5 Å². The Labute approximate surface area is 181 Å². The van der Waals surface area contributed by atoms with Gasteiger partial charge in [-0.05, 0) is 48.6 Å². The van der Waals surface area contributed by atoms with Crippen LogP contribution in [0.25, 0.3) is 0 Å². The van der Waals surface area contributed by atoms with Crippen LogP contribution in [0.1, 0.15) is 27.8 Å². The average Bonchev–Trinajstić information content (AvgIpc) is 3.04. The first-order chi connectivity index (χ1) is 14.7. The van der Waals surface area contributed by atoms with E-state index in [4.69, 9.17) is 0 Å². The monoisotopic (exact) mass is 425 g/mol. The Balaban J connectivity index is 1.86. The van der Waals surface area contributed by atoms with E-state index in [2.05, 4.69) is 31.2 Å². The van der Waals surface area contributed by atoms with Crippen LogP contribution in [0, 0.1) is 13.8 Å². The molecule has 0 radical (unpaired) electrons. The quantitative estimate of drug-likeness (QED) is 0.577. The molecule has 1 N–H and O–H groups in total. The van der Waals surface area contributed by atoms with Crippen molar-refractivity contribution in [2.45, 2.75) is 38.0 Å². The van der Waals surface area contributed by atoms with Gasteiger partial charge in [-0.3, -0.25) is 0 Å². The number of β-amino-alcohol motifs (C(OH)–C–C–N with tert-alkyl or cyclic N) is 1. The van der Waals surface area contributed by atoms with Gasteiger partial charge in [0.25, 0.3) is 0 Å². The number of aliphatic hydroxyl groups is 1. The van der Waals surface area contributed by atoms with Gasteiger partial charge in [-0.15, -0.1) is 0 Å². The van der Waals surface area contributed by atoms with Gasteiger partial charge in [0.2, 0.25) is 0 Å². The summed E-state index contributed by atoms with van der Waals surface area (Å²) in [4.78, 5) is 1.69. The Morgan fingerprint density at radius 1 is 0.968 bits per heavy atom. The third-order valence-corrected chi connectivity index (χ3v) is 6.32. The standard InChI is InChI=1S/C26H26F3NO/c1-18-8-7-11-21(14-18)25(15-20-10-4-3-9-19(20)2)17-30(16-24(31)26(27,28)29)23-13-6-5-12-22(23)25/h3-14,24,31H,15-17H2,1-2H3/t24-,25?/m1/s1. The Morgan fingerprint density at radius 2 is 1.68 bits per heavy atom. The second kappa shape index (κ2) is 8.04. The lowest BCUT2D eigenvalue weighted by atomic mass is 9.71. The van der Waals surface area contributed by atoms with E-state index in [0.29, 0.717) is 13.0 Å². The summed E-state index contributed by atoms with van der Waals surface area (Å²) in [6.07, 6.45) is -6.38. The first-order valence-corrected chi connectivity index (χ1v) is 10.4. The molecular weight excluding hydrogens is 399 g/mol. The van der Waals surface area contributed by atoms with Crippen molar-refractivity contribution in [2.24, 2.45) is 0 Å². The van der Waals surface area contributed by atoms with Crippen molar-refractivity contribution in [1.82, 2.24) is 0 Å². The minimum absolute atomic E-state index is 0.372. The van der Waals surface area contributed by atoms with Gasteiger partial charge in [-0.2, -0.15) is 13.2 Å². The van der Waals surface area contributed by atoms with E-state index in [1.54, 1.807) is 4.90 Å². The molecule has 0 amide bonds. The van der Waals surface area contributed by atoms with Crippen molar-refractivity contribution < 1.29 is 18.3 Å². The molecule has 1 aliphatic rings. The number of anilines is 1. The number of fused-ring (bicyclic) bond motifs is 1. The van der Waals surface area contributed by atoms with Gasteiger partial charge in [-0.25, -0.2) is 0 Å². The number of halogens is 3. The molecule has 1 aliphatic heterocycles. The molecule has 0 aliphatic carbocycles. The van der Waals surface area contributed by atoms with Gasteiger partial charge in [0.1, 0.15) is 0 Å². The molecule has 162 valence electrons. The molecule has 1 unspecified atom stereocenters. The van der Waals surface area contributed by atoms with E-state index in [1.807, 2.05) is 55.5 Å². The summed E-state index contributed by atoms with van der Waals surface area (Å²) in [5, 5.41) is 9.82. The van der Waals surface area contributed by atoms with Crippen LogP contribution in [-0.4, -0.2) is 30.5 Å². The molecular formula is C26H26F3NO. The van der Waals surface area contributed by atoms with Crippen molar-refractivity contribution in [3.05, 3.63) is 101 Å². The second-order valence-corrected chi connectivity index (χ2v) is 8.51. The molecule has 2 atom stereocenters. The Kier molecular flexibility index (Phi) is 5.56. The van der Waals surface area contributed by atoms with Crippen molar-refractivity contribution in [3.8, 4) is 0 Å². The molecule has 3 aromatic carbocycles. The zero-order valence-electron chi connectivity index (χ0n) is 17.7. The number of alkyl halides is 3. The Bertz CT molecular complexity index is 1080. The van der Waals surface area contributed by atoms with Crippen molar-refractivity contribution in [2.75, 3.05) is 18.0 Å². The third-order valence-electron chi connectivity index (χ3n) is 6.32. The fraction of sp³-hybridized carbons (Fsp3) is 0.308. The molecule has 0 bridgehead atoms. The van der Waals surface area contributed by atoms with Crippen LogP contribution < -0.4 is 4.90 Å². The van der Waals surface area contributed by atoms with Crippen LogP contribution in [0.3, 0.4) is 0 Å². The minimum atomic E-state index is -4.65. The summed E-state index contributed by atoms with van der Waals surface area (Å²) in [7, 11) is 0. The summed E-state index contributed by atoms with van der Waals surface area (Å²) >= 11 is 0. The minimum Gasteiger partial charge on any atom is -0.382 e. The molecule has 4 rings (SSSR count). The largest absolute Gasteiger partial charge is 0.416 e. The van der Waals surface area contributed by atoms with Crippen LogP contribution in [0.4, 0.5) is 18.9 Å². The highest BCUT2D eigenvalue weighted by molar-refractivity contribution is 5.67. The Hall–Kier alpha value is -2.79. The molecule has 2 nitrogen and oxygen atoms in total. The van der Waals surface area contributed by atoms with Crippen LogP contribution in [-0.2, 0) is 11.8 Å². The highest BCUT2D eigenvalue weighted by atomic mass is 19.4. The number of nitrogens with zero attached hydrogens (tertiary/aromatic N) is 1. The zero-order valence-corrected chi connectivity index (χ0v) is 17.7. The molecule has 5 heteroatoms. The highest BCUT2D eigenvalue weighted by Gasteiger charge is 2.47. The molecule has 31 heavy (non-hydrogen) atoms. The van der Waals surface area contributed by atoms with Gasteiger partial charge in [0.05, 0.1) is 6.54 Å². The molecule has 0 spiro atoms. The van der Waals surface area contributed by atoms with Gasteiger partial charge < -0.3 is 10.0 Å². The molecule has 1 heterocycles. The fourth-order valence-corrected chi connectivity index (χ4v) is 4.70. The second-order valence-electron chi connectivity index (χ2n) is 8.51. The number of hydrogen-bond donors (Lipinski definition) is 1. The van der Waals surface area contributed by atoms with E-state index in [9.17, 15) is 18.3 Å². The Morgan fingerprint density at radius 3 is 2.39 bits per heavy atom. The van der Waals surface area contributed by atoms with E-state index < -0.39 is 24.2 Å². The van der Waals surface area contributed by atoms with Crippen LogP contribution in [0.2, 0.25) is 0 Å². The van der Waals surface area contributed by atoms with Crippen LogP contribution in [0.15, 0.2) is 72.8 Å². The van der Waals surface area contributed by atoms with E-state index >= 15 is 0 Å². The summed E-state index contributed by atoms with van der Waals surface area (Å²) in [5.41, 5.74) is 5.73. The van der Waals surface area contributed by atoms with Gasteiger partial charge in [0.15, 0.2) is 6.10 Å². The molecule has 3 aromatic rings. The van der Waals surface area contributed by atoms with E-state index in [0.717, 1.165) is 33.5 Å². The lowest BCUT2D eigenvalue weighted by Gasteiger charge is -2.33. The maximum absolute atomic E-state index is 13.2. The van der Waals surface area contributed by atoms with Crippen LogP contribution >= 0.6 is 0 Å². The summed E-state index contributed by atoms with van der Waals surface area (Å²) < 4.78 is 39.5. The van der Waals surface area contributed by atoms with E-state index in [1.165, 1.54) is 0 Å². The summed E-state index contributed by atoms with van der Waals surface area (Å²) in [6, 6.07) is 24.0. The van der Waals surface area contributed by atoms with Gasteiger partial charge >= 0.3 is 6.18 Å². The van der Waals surface area contributed by atoms with Crippen molar-refractivity contribution >= 4 is 5.69 Å². The van der Waals surface area contributed by atoms with Gasteiger partial charge in [-0.1, -0.05) is 72.3 Å². The molecule has 0 fully saturated rings. The fourth-order valence-electron chi connectivity index (χ4n) is 4.70. The smallest absolute Gasteiger partial charge is 0.382 e. The van der Waals surface area contributed by atoms with Crippen molar-refractivity contribution in [3.63, 3.8) is 0 Å². The normalized spacial score (nSPS) is 19.4. The van der Waals surface area contributed by atoms with Crippen LogP contribution in [0.5, 0.6) is 0 Å². The number of benzene rings is 3. The first kappa shape index (κ1) is 21.4.